The van der Waals surface area contributed by atoms with Gasteiger partial charge in [0.2, 0.25) is 0 Å². The second kappa shape index (κ2) is 8.24. The number of Topliss-reactive ketones (excluding diaryl/α,β-unsaturated/α-hetero) is 1. The number of benzene rings is 2. The topological polar surface area (TPSA) is 52.6 Å². The van der Waals surface area contributed by atoms with Crippen molar-refractivity contribution in [3.8, 4) is 11.5 Å². The first-order valence-corrected chi connectivity index (χ1v) is 7.86. The highest BCUT2D eigenvalue weighted by Crippen LogP contribution is 2.26. The molecule has 2 rings (SSSR count). The summed E-state index contributed by atoms with van der Waals surface area (Å²) in [6.07, 6.45) is 0. The molecular weight excluding hydrogens is 300 g/mol. The molecule has 2 aromatic rings. The van der Waals surface area contributed by atoms with Gasteiger partial charge >= 0.3 is 5.97 Å². The smallest absolute Gasteiger partial charge is 0.321 e. The van der Waals surface area contributed by atoms with E-state index in [9.17, 15) is 9.59 Å². The van der Waals surface area contributed by atoms with Gasteiger partial charge in [-0.05, 0) is 12.1 Å². The zero-order valence-electron chi connectivity index (χ0n) is 12.2. The fourth-order valence-corrected chi connectivity index (χ4v) is 2.47. The van der Waals surface area contributed by atoms with Crippen molar-refractivity contribution >= 4 is 23.5 Å². The van der Waals surface area contributed by atoms with Gasteiger partial charge in [0.05, 0.1) is 18.6 Å². The second-order valence-corrected chi connectivity index (χ2v) is 5.39. The Bertz CT molecular complexity index is 640. The fraction of sp³-hybridized carbons (Fsp3) is 0.176. The van der Waals surface area contributed by atoms with Crippen molar-refractivity contribution in [1.29, 1.82) is 0 Å². The Labute approximate surface area is 133 Å². The van der Waals surface area contributed by atoms with E-state index in [-0.39, 0.29) is 17.3 Å². The van der Waals surface area contributed by atoms with Crippen LogP contribution >= 0.6 is 11.8 Å². The molecule has 0 saturated carbocycles. The minimum absolute atomic E-state index is 0.00399. The molecule has 22 heavy (non-hydrogen) atoms. The molecule has 0 aliphatic rings. The van der Waals surface area contributed by atoms with Crippen LogP contribution in [0.5, 0.6) is 11.5 Å². The Hall–Kier alpha value is -2.27. The largest absolute Gasteiger partial charge is 0.493 e. The zero-order valence-corrected chi connectivity index (χ0v) is 13.0. The molecule has 0 saturated heterocycles. The van der Waals surface area contributed by atoms with E-state index in [0.29, 0.717) is 17.1 Å². The van der Waals surface area contributed by atoms with Gasteiger partial charge in [-0.2, -0.15) is 0 Å². The van der Waals surface area contributed by atoms with Gasteiger partial charge in [0.25, 0.3) is 0 Å². The van der Waals surface area contributed by atoms with Crippen LogP contribution in [0, 0.1) is 0 Å². The number of carbonyl (C=O) groups is 2. The summed E-state index contributed by atoms with van der Waals surface area (Å²) in [5.74, 6) is 0.819. The first-order valence-electron chi connectivity index (χ1n) is 6.70. The number of ketones is 1. The van der Waals surface area contributed by atoms with Gasteiger partial charge in [-0.15, -0.1) is 11.8 Å². The van der Waals surface area contributed by atoms with Gasteiger partial charge in [0, 0.05) is 5.56 Å². The lowest BCUT2D eigenvalue weighted by Gasteiger charge is -2.08. The normalized spacial score (nSPS) is 10.0. The SMILES string of the molecule is COc1ccccc1OC(=O)CSCC(=O)c1ccccc1. The van der Waals surface area contributed by atoms with Gasteiger partial charge < -0.3 is 9.47 Å². The van der Waals surface area contributed by atoms with E-state index in [1.807, 2.05) is 18.2 Å². The van der Waals surface area contributed by atoms with Crippen molar-refractivity contribution in [2.75, 3.05) is 18.6 Å². The summed E-state index contributed by atoms with van der Waals surface area (Å²) in [7, 11) is 1.51. The van der Waals surface area contributed by atoms with E-state index in [1.54, 1.807) is 36.4 Å². The Kier molecular flexibility index (Phi) is 6.03. The highest BCUT2D eigenvalue weighted by Gasteiger charge is 2.11. The van der Waals surface area contributed by atoms with Crippen molar-refractivity contribution in [2.45, 2.75) is 0 Å². The molecule has 114 valence electrons. The molecule has 0 aliphatic heterocycles. The standard InChI is InChI=1S/C17H16O4S/c1-20-15-9-5-6-10-16(15)21-17(19)12-22-11-14(18)13-7-3-2-4-8-13/h2-10H,11-12H2,1H3. The quantitative estimate of drug-likeness (QED) is 0.446. The minimum atomic E-state index is -0.407. The molecule has 0 heterocycles. The molecular formula is C17H16O4S. The molecule has 0 atom stereocenters. The first kappa shape index (κ1) is 16.1. The van der Waals surface area contributed by atoms with Crippen molar-refractivity contribution < 1.29 is 19.1 Å². The third-order valence-corrected chi connectivity index (χ3v) is 3.75. The van der Waals surface area contributed by atoms with E-state index in [2.05, 4.69) is 0 Å². The van der Waals surface area contributed by atoms with Crippen LogP contribution in [0.15, 0.2) is 54.6 Å². The summed E-state index contributed by atoms with van der Waals surface area (Å²) in [5.41, 5.74) is 0.646. The summed E-state index contributed by atoms with van der Waals surface area (Å²) < 4.78 is 10.3. The molecule has 0 fully saturated rings. The van der Waals surface area contributed by atoms with Crippen LogP contribution < -0.4 is 9.47 Å². The number of carbonyl (C=O) groups excluding carboxylic acids is 2. The minimum Gasteiger partial charge on any atom is -0.493 e. The number of esters is 1. The van der Waals surface area contributed by atoms with Crippen molar-refractivity contribution in [3.05, 3.63) is 60.2 Å². The lowest BCUT2D eigenvalue weighted by atomic mass is 10.2. The van der Waals surface area contributed by atoms with Crippen LogP contribution in [-0.4, -0.2) is 30.4 Å². The van der Waals surface area contributed by atoms with Crippen LogP contribution in [0.25, 0.3) is 0 Å². The van der Waals surface area contributed by atoms with E-state index in [4.69, 9.17) is 9.47 Å². The van der Waals surface area contributed by atoms with Gasteiger partial charge in [0.1, 0.15) is 0 Å². The Morgan fingerprint density at radius 3 is 2.23 bits per heavy atom. The average Bonchev–Trinajstić information content (AvgIpc) is 2.56. The highest BCUT2D eigenvalue weighted by molar-refractivity contribution is 8.00. The summed E-state index contributed by atoms with van der Waals surface area (Å²) >= 11 is 1.23. The number of ether oxygens (including phenoxy) is 2. The van der Waals surface area contributed by atoms with E-state index >= 15 is 0 Å². The molecule has 0 aromatic heterocycles. The third kappa shape index (κ3) is 4.63. The fourth-order valence-electron chi connectivity index (χ4n) is 1.79. The van der Waals surface area contributed by atoms with Crippen LogP contribution in [-0.2, 0) is 4.79 Å². The molecule has 0 amide bonds. The van der Waals surface area contributed by atoms with Crippen LogP contribution in [0.4, 0.5) is 0 Å². The molecule has 0 spiro atoms. The van der Waals surface area contributed by atoms with Gasteiger partial charge in [0.15, 0.2) is 17.3 Å². The molecule has 0 bridgehead atoms. The van der Waals surface area contributed by atoms with E-state index in [0.717, 1.165) is 0 Å². The summed E-state index contributed by atoms with van der Waals surface area (Å²) in [6.45, 7) is 0. The number of hydrogen-bond donors (Lipinski definition) is 0. The maximum atomic E-state index is 11.9. The van der Waals surface area contributed by atoms with E-state index in [1.165, 1.54) is 18.9 Å². The number of hydrogen-bond acceptors (Lipinski definition) is 5. The first-order chi connectivity index (χ1) is 10.7. The lowest BCUT2D eigenvalue weighted by Crippen LogP contribution is -2.13. The predicted octanol–water partition coefficient (Wildman–Crippen LogP) is 3.22. The maximum absolute atomic E-state index is 11.9. The van der Waals surface area contributed by atoms with Crippen molar-refractivity contribution in [3.63, 3.8) is 0 Å². The molecule has 4 nitrogen and oxygen atoms in total. The van der Waals surface area contributed by atoms with Crippen LogP contribution in [0.1, 0.15) is 10.4 Å². The number of rotatable bonds is 7. The highest BCUT2D eigenvalue weighted by atomic mass is 32.2. The van der Waals surface area contributed by atoms with Gasteiger partial charge in [-0.3, -0.25) is 9.59 Å². The monoisotopic (exact) mass is 316 g/mol. The molecule has 0 N–H and O–H groups in total. The van der Waals surface area contributed by atoms with Gasteiger partial charge in [-0.25, -0.2) is 0 Å². The Morgan fingerprint density at radius 2 is 1.55 bits per heavy atom. The lowest BCUT2D eigenvalue weighted by molar-refractivity contribution is -0.131. The molecule has 0 unspecified atom stereocenters. The van der Waals surface area contributed by atoms with Crippen molar-refractivity contribution in [1.82, 2.24) is 0 Å². The zero-order chi connectivity index (χ0) is 15.8. The maximum Gasteiger partial charge on any atom is 0.321 e. The Morgan fingerprint density at radius 1 is 0.909 bits per heavy atom. The number of para-hydroxylation sites is 2. The molecule has 0 radical (unpaired) electrons. The number of methoxy groups -OCH3 is 1. The third-order valence-electron chi connectivity index (χ3n) is 2.84. The second-order valence-electron chi connectivity index (χ2n) is 4.41. The molecule has 5 heteroatoms. The van der Waals surface area contributed by atoms with Crippen molar-refractivity contribution in [2.24, 2.45) is 0 Å². The summed E-state index contributed by atoms with van der Waals surface area (Å²) in [4.78, 5) is 23.7. The Balaban J connectivity index is 1.80. The predicted molar refractivity (Wildman–Crippen MR) is 86.7 cm³/mol. The van der Waals surface area contributed by atoms with Gasteiger partial charge in [-0.1, -0.05) is 42.5 Å². The van der Waals surface area contributed by atoms with Crippen LogP contribution in [0.2, 0.25) is 0 Å². The molecule has 2 aromatic carbocycles. The molecule has 0 aliphatic carbocycles. The average molecular weight is 316 g/mol. The number of thioether (sulfide) groups is 1. The summed E-state index contributed by atoms with van der Waals surface area (Å²) in [5, 5.41) is 0. The van der Waals surface area contributed by atoms with Crippen LogP contribution in [0.3, 0.4) is 0 Å². The van der Waals surface area contributed by atoms with E-state index < -0.39 is 5.97 Å². The summed E-state index contributed by atoms with van der Waals surface area (Å²) in [6, 6.07) is 15.9.